The van der Waals surface area contributed by atoms with E-state index in [1.165, 1.54) is 12.2 Å². The van der Waals surface area contributed by atoms with Gasteiger partial charge in [-0.3, -0.25) is 24.1 Å². The number of amides is 3. The summed E-state index contributed by atoms with van der Waals surface area (Å²) in [7, 11) is 1.58. The Morgan fingerprint density at radius 2 is 1.41 bits per heavy atom. The lowest BCUT2D eigenvalue weighted by molar-refractivity contribution is -0.137. The van der Waals surface area contributed by atoms with Gasteiger partial charge < -0.3 is 19.5 Å². The second-order valence-corrected chi connectivity index (χ2v) is 5.81. The number of hydrogen-bond acceptors (Lipinski definition) is 7. The fourth-order valence-electron chi connectivity index (χ4n) is 2.22. The Bertz CT molecular complexity index is 516. The first-order valence-electron chi connectivity index (χ1n) is 9.03. The average Bonchev–Trinajstić information content (AvgIpc) is 2.98. The van der Waals surface area contributed by atoms with E-state index in [4.69, 9.17) is 14.2 Å². The van der Waals surface area contributed by atoms with Crippen LogP contribution in [0.4, 0.5) is 0 Å². The van der Waals surface area contributed by atoms with Gasteiger partial charge in [-0.1, -0.05) is 0 Å². The van der Waals surface area contributed by atoms with Crippen LogP contribution in [-0.4, -0.2) is 81.6 Å². The number of carbonyl (C=O) groups is 4. The molecule has 0 atom stereocenters. The van der Waals surface area contributed by atoms with E-state index in [2.05, 4.69) is 5.32 Å². The molecule has 3 amide bonds. The van der Waals surface area contributed by atoms with Crippen molar-refractivity contribution in [2.45, 2.75) is 25.7 Å². The largest absolute Gasteiger partial charge is 0.379 e. The zero-order valence-electron chi connectivity index (χ0n) is 15.7. The zero-order valence-corrected chi connectivity index (χ0v) is 15.7. The lowest BCUT2D eigenvalue weighted by atomic mass is 10.1. The summed E-state index contributed by atoms with van der Waals surface area (Å²) in [5.74, 6) is -0.796. The number of nitrogens with one attached hydrogen (secondary N) is 1. The normalized spacial score (nSPS) is 13.4. The van der Waals surface area contributed by atoms with Crippen molar-refractivity contribution in [1.29, 1.82) is 0 Å². The zero-order chi connectivity index (χ0) is 19.9. The maximum absolute atomic E-state index is 11.7. The second-order valence-electron chi connectivity index (χ2n) is 5.81. The Labute approximate surface area is 159 Å². The summed E-state index contributed by atoms with van der Waals surface area (Å²) in [5, 5.41) is 2.51. The van der Waals surface area contributed by atoms with Crippen molar-refractivity contribution >= 4 is 23.5 Å². The van der Waals surface area contributed by atoms with Gasteiger partial charge in [-0.2, -0.15) is 0 Å². The third-order valence-electron chi connectivity index (χ3n) is 3.76. The molecular weight excluding hydrogens is 356 g/mol. The summed E-state index contributed by atoms with van der Waals surface area (Å²) in [6, 6.07) is 0. The first-order chi connectivity index (χ1) is 13.0. The number of nitrogens with zero attached hydrogens (tertiary/aromatic N) is 1. The van der Waals surface area contributed by atoms with Crippen molar-refractivity contribution in [1.82, 2.24) is 10.2 Å². The van der Waals surface area contributed by atoms with Crippen molar-refractivity contribution in [2.24, 2.45) is 0 Å². The third-order valence-corrected chi connectivity index (χ3v) is 3.76. The summed E-state index contributed by atoms with van der Waals surface area (Å²) in [5.41, 5.74) is 0. The minimum Gasteiger partial charge on any atom is -0.379 e. The molecule has 1 aliphatic heterocycles. The van der Waals surface area contributed by atoms with Gasteiger partial charge >= 0.3 is 0 Å². The Morgan fingerprint density at radius 3 is 2.00 bits per heavy atom. The minimum absolute atomic E-state index is 0.00347. The first-order valence-corrected chi connectivity index (χ1v) is 9.03. The molecule has 1 N–H and O–H groups in total. The van der Waals surface area contributed by atoms with Gasteiger partial charge in [0.15, 0.2) is 0 Å². The van der Waals surface area contributed by atoms with Crippen LogP contribution in [0.3, 0.4) is 0 Å². The fourth-order valence-corrected chi connectivity index (χ4v) is 2.22. The van der Waals surface area contributed by atoms with Gasteiger partial charge in [0, 0.05) is 51.6 Å². The Morgan fingerprint density at radius 1 is 0.852 bits per heavy atom. The highest BCUT2D eigenvalue weighted by atomic mass is 16.5. The van der Waals surface area contributed by atoms with Crippen LogP contribution in [0.5, 0.6) is 0 Å². The standard InChI is InChI=1S/C18H28N2O7/c1-19-16(22)7-10-26-12-14-27-13-11-25-9-2-3-15(21)6-8-20-17(23)4-5-18(20)24/h4-5H,2-3,6-14H2,1H3,(H,19,22). The first kappa shape index (κ1) is 22.9. The molecule has 0 aromatic rings. The Hall–Kier alpha value is -2.10. The van der Waals surface area contributed by atoms with Crippen LogP contribution in [0.2, 0.25) is 0 Å². The molecule has 27 heavy (non-hydrogen) atoms. The van der Waals surface area contributed by atoms with Gasteiger partial charge in [0.2, 0.25) is 5.91 Å². The number of Topliss-reactive ketones (excluding diaryl/α,β-unsaturated/α-hetero) is 1. The lowest BCUT2D eigenvalue weighted by Crippen LogP contribution is -2.32. The van der Waals surface area contributed by atoms with E-state index < -0.39 is 0 Å². The predicted molar refractivity (Wildman–Crippen MR) is 95.9 cm³/mol. The predicted octanol–water partition coefficient (Wildman–Crippen LogP) is -0.163. The van der Waals surface area contributed by atoms with E-state index in [1.807, 2.05) is 0 Å². The minimum atomic E-state index is -0.368. The van der Waals surface area contributed by atoms with E-state index in [1.54, 1.807) is 7.05 Å². The molecule has 0 aliphatic carbocycles. The SMILES string of the molecule is CNC(=O)CCOCCOCCOCCCC(=O)CCN1C(=O)C=CC1=O. The lowest BCUT2D eigenvalue weighted by Gasteiger charge is -2.12. The number of imide groups is 1. The molecule has 0 radical (unpaired) electrons. The monoisotopic (exact) mass is 384 g/mol. The molecule has 152 valence electrons. The fraction of sp³-hybridized carbons (Fsp3) is 0.667. The molecule has 0 fully saturated rings. The van der Waals surface area contributed by atoms with Gasteiger partial charge in [-0.05, 0) is 6.42 Å². The molecule has 1 rings (SSSR count). The maximum atomic E-state index is 11.7. The van der Waals surface area contributed by atoms with Crippen LogP contribution in [0.25, 0.3) is 0 Å². The van der Waals surface area contributed by atoms with Crippen molar-refractivity contribution in [2.75, 3.05) is 53.2 Å². The van der Waals surface area contributed by atoms with Gasteiger partial charge in [0.1, 0.15) is 5.78 Å². The topological polar surface area (TPSA) is 111 Å². The molecule has 9 heteroatoms. The Balaban J connectivity index is 1.84. The van der Waals surface area contributed by atoms with Crippen molar-refractivity contribution in [3.63, 3.8) is 0 Å². The third kappa shape index (κ3) is 10.6. The van der Waals surface area contributed by atoms with Crippen LogP contribution in [-0.2, 0) is 33.4 Å². The van der Waals surface area contributed by atoms with Gasteiger partial charge in [0.25, 0.3) is 11.8 Å². The number of carbonyl (C=O) groups excluding carboxylic acids is 4. The molecule has 1 aliphatic rings. The van der Waals surface area contributed by atoms with Gasteiger partial charge in [-0.25, -0.2) is 0 Å². The summed E-state index contributed by atoms with van der Waals surface area (Å²) < 4.78 is 15.9. The highest BCUT2D eigenvalue weighted by molar-refractivity contribution is 6.13. The van der Waals surface area contributed by atoms with E-state index in [0.29, 0.717) is 58.9 Å². The maximum Gasteiger partial charge on any atom is 0.253 e. The molecule has 0 saturated heterocycles. The molecule has 1 heterocycles. The summed E-state index contributed by atoms with van der Waals surface area (Å²) in [6.45, 7) is 2.64. The van der Waals surface area contributed by atoms with Crippen molar-refractivity contribution in [3.8, 4) is 0 Å². The van der Waals surface area contributed by atoms with E-state index >= 15 is 0 Å². The van der Waals surface area contributed by atoms with Crippen molar-refractivity contribution in [3.05, 3.63) is 12.2 Å². The molecule has 0 saturated carbocycles. The molecule has 0 unspecified atom stereocenters. The second kappa shape index (κ2) is 14.0. The molecule has 9 nitrogen and oxygen atoms in total. The van der Waals surface area contributed by atoms with Crippen LogP contribution >= 0.6 is 0 Å². The molecule has 0 spiro atoms. The van der Waals surface area contributed by atoms with Crippen LogP contribution in [0.1, 0.15) is 25.7 Å². The number of ether oxygens (including phenoxy) is 3. The van der Waals surface area contributed by atoms with Gasteiger partial charge in [0.05, 0.1) is 33.0 Å². The number of rotatable bonds is 16. The van der Waals surface area contributed by atoms with Crippen molar-refractivity contribution < 1.29 is 33.4 Å². The molecular formula is C18H28N2O7. The number of hydrogen-bond donors (Lipinski definition) is 1. The Kier molecular flexibility index (Phi) is 11.9. The summed E-state index contributed by atoms with van der Waals surface area (Å²) >= 11 is 0. The number of ketones is 1. The van der Waals surface area contributed by atoms with E-state index in [9.17, 15) is 19.2 Å². The van der Waals surface area contributed by atoms with E-state index in [0.717, 1.165) is 4.90 Å². The summed E-state index contributed by atoms with van der Waals surface area (Å²) in [4.78, 5) is 46.4. The van der Waals surface area contributed by atoms with Crippen LogP contribution in [0, 0.1) is 0 Å². The molecule has 0 aromatic heterocycles. The molecule has 0 aromatic carbocycles. The van der Waals surface area contributed by atoms with Crippen LogP contribution < -0.4 is 5.32 Å². The molecule has 0 bridgehead atoms. The quantitative estimate of drug-likeness (QED) is 0.291. The van der Waals surface area contributed by atoms with E-state index in [-0.39, 0.29) is 36.5 Å². The highest BCUT2D eigenvalue weighted by Gasteiger charge is 2.23. The average molecular weight is 384 g/mol. The highest BCUT2D eigenvalue weighted by Crippen LogP contribution is 2.06. The smallest absolute Gasteiger partial charge is 0.253 e. The summed E-state index contributed by atoms with van der Waals surface area (Å²) in [6.07, 6.45) is 3.85. The van der Waals surface area contributed by atoms with Gasteiger partial charge in [-0.15, -0.1) is 0 Å². The van der Waals surface area contributed by atoms with Crippen LogP contribution in [0.15, 0.2) is 12.2 Å².